The minimum absolute atomic E-state index is 0.358. The van der Waals surface area contributed by atoms with E-state index in [-0.39, 0.29) is 0 Å². The lowest BCUT2D eigenvalue weighted by Gasteiger charge is -2.23. The Morgan fingerprint density at radius 3 is 3.18 bits per heavy atom. The molecule has 1 aliphatic rings. The monoisotopic (exact) mass is 248 g/mol. The van der Waals surface area contributed by atoms with E-state index in [1.807, 2.05) is 11.2 Å². The van der Waals surface area contributed by atoms with Crippen LogP contribution in [0, 0.1) is 0 Å². The Morgan fingerprint density at radius 1 is 1.35 bits per heavy atom. The van der Waals surface area contributed by atoms with E-state index in [9.17, 15) is 0 Å². The molecule has 0 bridgehead atoms. The predicted octanol–water partition coefficient (Wildman–Crippen LogP) is 2.48. The van der Waals surface area contributed by atoms with Gasteiger partial charge in [0.05, 0.1) is 6.04 Å². The summed E-state index contributed by atoms with van der Waals surface area (Å²) in [5.41, 5.74) is 0. The van der Waals surface area contributed by atoms with Crippen LogP contribution in [0.15, 0.2) is 18.6 Å². The van der Waals surface area contributed by atoms with E-state index in [1.54, 1.807) is 17.7 Å². The third kappa shape index (κ3) is 2.18. The highest BCUT2D eigenvalue weighted by atomic mass is 32.1. The molecule has 1 aliphatic heterocycles. The molecule has 0 amide bonds. The highest BCUT2D eigenvalue weighted by Gasteiger charge is 2.22. The van der Waals surface area contributed by atoms with Gasteiger partial charge in [-0.1, -0.05) is 12.8 Å². The first-order valence-corrected chi connectivity index (χ1v) is 6.87. The molecule has 3 rings (SSSR count). The molecule has 17 heavy (non-hydrogen) atoms. The highest BCUT2D eigenvalue weighted by Crippen LogP contribution is 2.34. The molecular formula is C12H16N4S. The summed E-state index contributed by atoms with van der Waals surface area (Å²) in [4.78, 5) is 10.7. The van der Waals surface area contributed by atoms with Gasteiger partial charge < -0.3 is 0 Å². The molecule has 0 aromatic carbocycles. The minimum Gasteiger partial charge on any atom is -0.268 e. The number of rotatable bonds is 1. The molecule has 1 fully saturated rings. The predicted molar refractivity (Wildman–Crippen MR) is 69.5 cm³/mol. The lowest BCUT2D eigenvalue weighted by atomic mass is 10.1. The molecule has 5 heteroatoms. The van der Waals surface area contributed by atoms with Gasteiger partial charge in [-0.3, -0.25) is 5.84 Å². The summed E-state index contributed by atoms with van der Waals surface area (Å²) >= 11 is 1.74. The topological polar surface area (TPSA) is 55.0 Å². The highest BCUT2D eigenvalue weighted by molar-refractivity contribution is 7.18. The molecule has 1 saturated heterocycles. The average molecular weight is 248 g/mol. The van der Waals surface area contributed by atoms with Gasteiger partial charge >= 0.3 is 0 Å². The third-order valence-electron chi connectivity index (χ3n) is 3.34. The van der Waals surface area contributed by atoms with Gasteiger partial charge in [0.1, 0.15) is 11.2 Å². The molecule has 90 valence electrons. The van der Waals surface area contributed by atoms with Gasteiger partial charge in [-0.25, -0.2) is 15.0 Å². The number of hydrazine groups is 1. The molecule has 2 aromatic rings. The first-order chi connectivity index (χ1) is 8.34. The molecular weight excluding hydrogens is 232 g/mol. The van der Waals surface area contributed by atoms with Crippen LogP contribution in [0.5, 0.6) is 0 Å². The van der Waals surface area contributed by atoms with Crippen molar-refractivity contribution in [1.82, 2.24) is 15.0 Å². The van der Waals surface area contributed by atoms with E-state index in [0.29, 0.717) is 6.04 Å². The number of fused-ring (bicyclic) bond motifs is 1. The Labute approximate surface area is 104 Å². The second-order valence-corrected chi connectivity index (χ2v) is 5.60. The maximum absolute atomic E-state index is 6.14. The molecule has 3 heterocycles. The molecule has 4 nitrogen and oxygen atoms in total. The number of hydrogen-bond donors (Lipinski definition) is 1. The van der Waals surface area contributed by atoms with Gasteiger partial charge in [-0.2, -0.15) is 0 Å². The zero-order valence-electron chi connectivity index (χ0n) is 9.67. The van der Waals surface area contributed by atoms with Gasteiger partial charge in [-0.05, 0) is 18.9 Å². The molecule has 0 saturated carbocycles. The van der Waals surface area contributed by atoms with Crippen LogP contribution in [0.25, 0.3) is 10.2 Å². The van der Waals surface area contributed by atoms with Crippen molar-refractivity contribution in [3.63, 3.8) is 0 Å². The van der Waals surface area contributed by atoms with Crippen molar-refractivity contribution >= 4 is 21.6 Å². The van der Waals surface area contributed by atoms with Gasteiger partial charge in [0.25, 0.3) is 0 Å². The van der Waals surface area contributed by atoms with Crippen LogP contribution < -0.4 is 5.84 Å². The first kappa shape index (κ1) is 11.1. The molecule has 0 aliphatic carbocycles. The maximum atomic E-state index is 6.14. The smallest absolute Gasteiger partial charge is 0.126 e. The lowest BCUT2D eigenvalue weighted by molar-refractivity contribution is 0.210. The fraction of sp³-hybridized carbons (Fsp3) is 0.500. The van der Waals surface area contributed by atoms with Crippen molar-refractivity contribution in [2.24, 2.45) is 5.84 Å². The summed E-state index contributed by atoms with van der Waals surface area (Å²) in [6, 6.07) is 2.55. The Hall–Kier alpha value is -1.04. The Balaban J connectivity index is 1.95. The summed E-state index contributed by atoms with van der Waals surface area (Å²) in [6.45, 7) is 0.991. The van der Waals surface area contributed by atoms with Crippen LogP contribution in [-0.4, -0.2) is 21.5 Å². The summed E-state index contributed by atoms with van der Waals surface area (Å²) in [7, 11) is 0. The van der Waals surface area contributed by atoms with Crippen LogP contribution in [0.3, 0.4) is 0 Å². The normalized spacial score (nSPS) is 22.8. The standard InChI is InChI=1S/C12H16N4S/c13-16-5-3-1-2-4-10(16)11-6-9-7-14-8-15-12(9)17-11/h6-8,10H,1-5,13H2. The van der Waals surface area contributed by atoms with Crippen molar-refractivity contribution in [1.29, 1.82) is 0 Å². The second kappa shape index (κ2) is 4.68. The molecule has 0 radical (unpaired) electrons. The lowest BCUT2D eigenvalue weighted by Crippen LogP contribution is -2.34. The number of nitrogens with zero attached hydrogens (tertiary/aromatic N) is 3. The van der Waals surface area contributed by atoms with Crippen LogP contribution in [0.2, 0.25) is 0 Å². The molecule has 2 aromatic heterocycles. The summed E-state index contributed by atoms with van der Waals surface area (Å²) in [5.74, 6) is 6.14. The Morgan fingerprint density at radius 2 is 2.29 bits per heavy atom. The van der Waals surface area contributed by atoms with Gasteiger partial charge in [0, 0.05) is 23.0 Å². The summed E-state index contributed by atoms with van der Waals surface area (Å²) in [6.07, 6.45) is 8.39. The average Bonchev–Trinajstić information content (AvgIpc) is 2.65. The molecule has 2 N–H and O–H groups in total. The van der Waals surface area contributed by atoms with Crippen molar-refractivity contribution in [2.45, 2.75) is 31.7 Å². The van der Waals surface area contributed by atoms with Crippen LogP contribution in [-0.2, 0) is 0 Å². The van der Waals surface area contributed by atoms with Crippen molar-refractivity contribution in [2.75, 3.05) is 6.54 Å². The summed E-state index contributed by atoms with van der Waals surface area (Å²) in [5, 5.41) is 3.12. The molecule has 0 spiro atoms. The van der Waals surface area contributed by atoms with Crippen LogP contribution >= 0.6 is 11.3 Å². The van der Waals surface area contributed by atoms with E-state index in [2.05, 4.69) is 16.0 Å². The van der Waals surface area contributed by atoms with Crippen LogP contribution in [0.1, 0.15) is 36.6 Å². The Bertz CT molecular complexity index is 477. The third-order valence-corrected chi connectivity index (χ3v) is 4.50. The van der Waals surface area contributed by atoms with E-state index < -0.39 is 0 Å². The van der Waals surface area contributed by atoms with Crippen molar-refractivity contribution < 1.29 is 0 Å². The number of hydrogen-bond acceptors (Lipinski definition) is 5. The largest absolute Gasteiger partial charge is 0.268 e. The van der Waals surface area contributed by atoms with E-state index in [4.69, 9.17) is 5.84 Å². The van der Waals surface area contributed by atoms with Gasteiger partial charge in [0.15, 0.2) is 0 Å². The first-order valence-electron chi connectivity index (χ1n) is 6.05. The number of thiophene rings is 1. The second-order valence-electron chi connectivity index (χ2n) is 4.53. The van der Waals surface area contributed by atoms with E-state index >= 15 is 0 Å². The van der Waals surface area contributed by atoms with Gasteiger partial charge in [0.2, 0.25) is 0 Å². The van der Waals surface area contributed by atoms with Crippen molar-refractivity contribution in [3.05, 3.63) is 23.5 Å². The fourth-order valence-corrected chi connectivity index (χ4v) is 3.54. The number of nitrogens with two attached hydrogens (primary N) is 1. The molecule has 1 atom stereocenters. The summed E-state index contributed by atoms with van der Waals surface area (Å²) < 4.78 is 0. The number of aromatic nitrogens is 2. The zero-order valence-corrected chi connectivity index (χ0v) is 10.5. The van der Waals surface area contributed by atoms with E-state index in [1.165, 1.54) is 24.1 Å². The maximum Gasteiger partial charge on any atom is 0.126 e. The molecule has 1 unspecified atom stereocenters. The zero-order chi connectivity index (χ0) is 11.7. The quantitative estimate of drug-likeness (QED) is 0.788. The van der Waals surface area contributed by atoms with Crippen molar-refractivity contribution in [3.8, 4) is 0 Å². The minimum atomic E-state index is 0.358. The fourth-order valence-electron chi connectivity index (χ4n) is 2.41. The van der Waals surface area contributed by atoms with Gasteiger partial charge in [-0.15, -0.1) is 11.3 Å². The SMILES string of the molecule is NN1CCCCCC1c1cc2cncnc2s1. The Kier molecular flexibility index (Phi) is 3.05. The van der Waals surface area contributed by atoms with Crippen LogP contribution in [0.4, 0.5) is 0 Å². The van der Waals surface area contributed by atoms with E-state index in [0.717, 1.165) is 23.2 Å².